The summed E-state index contributed by atoms with van der Waals surface area (Å²) in [4.78, 5) is 12.2. The molecule has 0 aliphatic heterocycles. The highest BCUT2D eigenvalue weighted by Gasteiger charge is 2.23. The van der Waals surface area contributed by atoms with E-state index in [1.165, 1.54) is 29.3 Å². The molecule has 0 bridgehead atoms. The predicted molar refractivity (Wildman–Crippen MR) is 81.1 cm³/mol. The van der Waals surface area contributed by atoms with Crippen LogP contribution in [0.3, 0.4) is 0 Å². The normalized spacial score (nSPS) is 17.1. The Hall–Kier alpha value is -1.87. The Balaban J connectivity index is 1.75. The van der Waals surface area contributed by atoms with Crippen LogP contribution in [0.1, 0.15) is 27.9 Å². The van der Waals surface area contributed by atoms with Crippen molar-refractivity contribution < 1.29 is 9.18 Å². The van der Waals surface area contributed by atoms with Crippen molar-refractivity contribution in [2.75, 3.05) is 0 Å². The zero-order chi connectivity index (χ0) is 14.8. The summed E-state index contributed by atoms with van der Waals surface area (Å²) in [7, 11) is 0. The van der Waals surface area contributed by atoms with Gasteiger partial charge in [-0.05, 0) is 42.5 Å². The van der Waals surface area contributed by atoms with Crippen LogP contribution in [-0.4, -0.2) is 11.9 Å². The maximum Gasteiger partial charge on any atom is 0.256 e. The Kier molecular flexibility index (Phi) is 3.93. The molecule has 0 heterocycles. The second-order valence-corrected chi connectivity index (χ2v) is 5.69. The first kappa shape index (κ1) is 14.1. The molecule has 1 aliphatic carbocycles. The Morgan fingerprint density at radius 1 is 1.14 bits per heavy atom. The minimum atomic E-state index is -0.587. The van der Waals surface area contributed by atoms with Crippen LogP contribution < -0.4 is 5.32 Å². The Labute approximate surface area is 127 Å². The van der Waals surface area contributed by atoms with E-state index in [0.717, 1.165) is 19.3 Å². The Bertz CT molecular complexity index is 666. The zero-order valence-corrected chi connectivity index (χ0v) is 12.2. The van der Waals surface area contributed by atoms with Crippen molar-refractivity contribution in [1.29, 1.82) is 0 Å². The fourth-order valence-corrected chi connectivity index (χ4v) is 3.04. The van der Waals surface area contributed by atoms with Gasteiger partial charge in [0.25, 0.3) is 5.91 Å². The van der Waals surface area contributed by atoms with E-state index < -0.39 is 11.7 Å². The molecule has 108 valence electrons. The van der Waals surface area contributed by atoms with Gasteiger partial charge in [0.2, 0.25) is 0 Å². The topological polar surface area (TPSA) is 29.1 Å². The molecular weight excluding hydrogens is 289 g/mol. The molecule has 0 radical (unpaired) electrons. The third-order valence-corrected chi connectivity index (χ3v) is 4.19. The number of carbonyl (C=O) groups is 1. The van der Waals surface area contributed by atoms with Crippen LogP contribution in [0, 0.1) is 5.82 Å². The molecule has 0 unspecified atom stereocenters. The van der Waals surface area contributed by atoms with Gasteiger partial charge in [0.1, 0.15) is 5.82 Å². The fourth-order valence-electron chi connectivity index (χ4n) is 2.79. The second kappa shape index (κ2) is 5.86. The van der Waals surface area contributed by atoms with E-state index in [4.69, 9.17) is 11.6 Å². The monoisotopic (exact) mass is 303 g/mol. The number of nitrogens with one attached hydrogen (secondary N) is 1. The molecule has 0 spiro atoms. The average Bonchev–Trinajstić information content (AvgIpc) is 2.47. The first-order valence-electron chi connectivity index (χ1n) is 6.97. The van der Waals surface area contributed by atoms with E-state index in [1.54, 1.807) is 0 Å². The van der Waals surface area contributed by atoms with Crippen LogP contribution in [0.15, 0.2) is 42.5 Å². The summed E-state index contributed by atoms with van der Waals surface area (Å²) < 4.78 is 13.7. The third-order valence-electron chi connectivity index (χ3n) is 3.87. The van der Waals surface area contributed by atoms with Crippen LogP contribution in [-0.2, 0) is 12.8 Å². The van der Waals surface area contributed by atoms with E-state index in [0.29, 0.717) is 0 Å². The standard InChI is InChI=1S/C17H15ClFNO/c18-14-6-3-7-15(19)16(14)17(21)20-13-9-8-11-4-1-2-5-12(11)10-13/h1-7,13H,8-10H2,(H,20,21)/t13-/m1/s1. The van der Waals surface area contributed by atoms with Crippen molar-refractivity contribution in [1.82, 2.24) is 5.32 Å². The minimum Gasteiger partial charge on any atom is -0.349 e. The van der Waals surface area contributed by atoms with Crippen LogP contribution in [0.2, 0.25) is 5.02 Å². The quantitative estimate of drug-likeness (QED) is 0.899. The number of hydrogen-bond donors (Lipinski definition) is 1. The largest absolute Gasteiger partial charge is 0.349 e. The van der Waals surface area contributed by atoms with Crippen molar-refractivity contribution >= 4 is 17.5 Å². The average molecular weight is 304 g/mol. The predicted octanol–water partition coefficient (Wildman–Crippen LogP) is 3.77. The van der Waals surface area contributed by atoms with Gasteiger partial charge in [-0.3, -0.25) is 4.79 Å². The van der Waals surface area contributed by atoms with Crippen LogP contribution in [0.4, 0.5) is 4.39 Å². The molecule has 1 amide bonds. The highest BCUT2D eigenvalue weighted by Crippen LogP contribution is 2.23. The SMILES string of the molecule is O=C(N[C@@H]1CCc2ccccc2C1)c1c(F)cccc1Cl. The molecule has 21 heavy (non-hydrogen) atoms. The van der Waals surface area contributed by atoms with Crippen molar-refractivity contribution in [2.45, 2.75) is 25.3 Å². The second-order valence-electron chi connectivity index (χ2n) is 5.28. The number of aryl methyl sites for hydroxylation is 1. The first-order valence-corrected chi connectivity index (χ1v) is 7.34. The van der Waals surface area contributed by atoms with E-state index in [-0.39, 0.29) is 16.6 Å². The van der Waals surface area contributed by atoms with Crippen molar-refractivity contribution in [2.24, 2.45) is 0 Å². The smallest absolute Gasteiger partial charge is 0.256 e. The van der Waals surface area contributed by atoms with Crippen molar-refractivity contribution in [3.8, 4) is 0 Å². The fraction of sp³-hybridized carbons (Fsp3) is 0.235. The van der Waals surface area contributed by atoms with Gasteiger partial charge >= 0.3 is 0 Å². The van der Waals surface area contributed by atoms with Gasteiger partial charge in [-0.15, -0.1) is 0 Å². The van der Waals surface area contributed by atoms with Gasteiger partial charge in [-0.2, -0.15) is 0 Å². The van der Waals surface area contributed by atoms with Gasteiger partial charge in [-0.1, -0.05) is 41.9 Å². The molecule has 2 nitrogen and oxygen atoms in total. The summed E-state index contributed by atoms with van der Waals surface area (Å²) >= 11 is 5.92. The van der Waals surface area contributed by atoms with Crippen LogP contribution >= 0.6 is 11.6 Å². The van der Waals surface area contributed by atoms with Crippen molar-refractivity contribution in [3.63, 3.8) is 0 Å². The molecule has 1 N–H and O–H groups in total. The van der Waals surface area contributed by atoms with Gasteiger partial charge in [-0.25, -0.2) is 4.39 Å². The summed E-state index contributed by atoms with van der Waals surface area (Å²) in [5.41, 5.74) is 2.50. The molecule has 0 saturated heterocycles. The molecule has 2 aromatic carbocycles. The minimum absolute atomic E-state index is 0.0167. The maximum absolute atomic E-state index is 13.7. The van der Waals surface area contributed by atoms with E-state index in [1.807, 2.05) is 12.1 Å². The van der Waals surface area contributed by atoms with Crippen molar-refractivity contribution in [3.05, 3.63) is 70.0 Å². The summed E-state index contributed by atoms with van der Waals surface area (Å²) in [5, 5.41) is 3.04. The highest BCUT2D eigenvalue weighted by atomic mass is 35.5. The summed E-state index contributed by atoms with van der Waals surface area (Å²) in [6.07, 6.45) is 2.55. The van der Waals surface area contributed by atoms with E-state index in [2.05, 4.69) is 17.4 Å². The number of rotatable bonds is 2. The lowest BCUT2D eigenvalue weighted by Gasteiger charge is -2.25. The van der Waals surface area contributed by atoms with E-state index >= 15 is 0 Å². The third kappa shape index (κ3) is 2.93. The van der Waals surface area contributed by atoms with E-state index in [9.17, 15) is 9.18 Å². The molecule has 1 aliphatic rings. The molecule has 3 rings (SSSR count). The summed E-state index contributed by atoms with van der Waals surface area (Å²) in [6, 6.07) is 12.5. The van der Waals surface area contributed by atoms with Crippen LogP contribution in [0.25, 0.3) is 0 Å². The van der Waals surface area contributed by atoms with Gasteiger partial charge in [0, 0.05) is 6.04 Å². The maximum atomic E-state index is 13.7. The molecule has 4 heteroatoms. The summed E-state index contributed by atoms with van der Waals surface area (Å²) in [6.45, 7) is 0. The number of amides is 1. The molecule has 0 fully saturated rings. The number of benzene rings is 2. The lowest BCUT2D eigenvalue weighted by molar-refractivity contribution is 0.0930. The Morgan fingerprint density at radius 3 is 2.67 bits per heavy atom. The molecule has 0 saturated carbocycles. The number of fused-ring (bicyclic) bond motifs is 1. The lowest BCUT2D eigenvalue weighted by Crippen LogP contribution is -2.39. The Morgan fingerprint density at radius 2 is 1.90 bits per heavy atom. The van der Waals surface area contributed by atoms with Gasteiger partial charge < -0.3 is 5.32 Å². The number of halogens is 2. The molecule has 1 atom stereocenters. The molecular formula is C17H15ClFNO. The zero-order valence-electron chi connectivity index (χ0n) is 11.4. The molecule has 2 aromatic rings. The van der Waals surface area contributed by atoms with Gasteiger partial charge in [0.05, 0.1) is 10.6 Å². The lowest BCUT2D eigenvalue weighted by atomic mass is 9.88. The number of hydrogen-bond acceptors (Lipinski definition) is 1. The highest BCUT2D eigenvalue weighted by molar-refractivity contribution is 6.33. The van der Waals surface area contributed by atoms with Crippen LogP contribution in [0.5, 0.6) is 0 Å². The number of carbonyl (C=O) groups excluding carboxylic acids is 1. The van der Waals surface area contributed by atoms with Gasteiger partial charge in [0.15, 0.2) is 0 Å². The first-order chi connectivity index (χ1) is 10.1. The summed E-state index contributed by atoms with van der Waals surface area (Å²) in [5.74, 6) is -1.03. The molecule has 0 aromatic heterocycles.